The molecule has 3 atom stereocenters. The molecule has 0 bridgehead atoms. The fraction of sp³-hybridized carbons (Fsp3) is 0.333. The zero-order valence-corrected chi connectivity index (χ0v) is 16.3. The summed E-state index contributed by atoms with van der Waals surface area (Å²) < 4.78 is 9.62. The van der Waals surface area contributed by atoms with Crippen LogP contribution in [0.4, 0.5) is 0 Å². The summed E-state index contributed by atoms with van der Waals surface area (Å²) in [6, 6.07) is 12.5. The molecule has 1 fully saturated rings. The van der Waals surface area contributed by atoms with Crippen LogP contribution in [-0.2, 0) is 11.3 Å². The van der Waals surface area contributed by atoms with Crippen molar-refractivity contribution >= 4 is 53.7 Å². The third kappa shape index (κ3) is 3.13. The standard InChI is InChI=1S/C18H18Br2N2O2/c1-10-18(24-10)21-8-13(23)9-22-16-4-2-11(19)6-14(16)15-7-12(20)3-5-17(15)22/h2-7,10,13,18,21,23H,8-9H2,1H3. The fourth-order valence-corrected chi connectivity index (χ4v) is 3.89. The molecule has 0 saturated carbocycles. The van der Waals surface area contributed by atoms with E-state index in [2.05, 4.69) is 66.0 Å². The highest BCUT2D eigenvalue weighted by molar-refractivity contribution is 9.10. The maximum Gasteiger partial charge on any atom is 0.135 e. The quantitative estimate of drug-likeness (QED) is 0.573. The number of fused-ring (bicyclic) bond motifs is 3. The summed E-state index contributed by atoms with van der Waals surface area (Å²) in [7, 11) is 0. The summed E-state index contributed by atoms with van der Waals surface area (Å²) in [4.78, 5) is 0. The maximum atomic E-state index is 10.5. The molecule has 6 heteroatoms. The third-order valence-corrected chi connectivity index (χ3v) is 5.43. The first-order valence-corrected chi connectivity index (χ1v) is 9.55. The molecular formula is C18H18Br2N2O2. The molecule has 3 unspecified atom stereocenters. The van der Waals surface area contributed by atoms with E-state index in [1.54, 1.807) is 0 Å². The highest BCUT2D eigenvalue weighted by Gasteiger charge is 2.33. The number of nitrogens with one attached hydrogen (secondary N) is 1. The molecule has 0 radical (unpaired) electrons. The van der Waals surface area contributed by atoms with Crippen LogP contribution in [0, 0.1) is 0 Å². The van der Waals surface area contributed by atoms with Crippen molar-refractivity contribution in [2.75, 3.05) is 6.54 Å². The molecular weight excluding hydrogens is 436 g/mol. The Bertz CT molecular complexity index is 850. The monoisotopic (exact) mass is 452 g/mol. The minimum atomic E-state index is -0.479. The van der Waals surface area contributed by atoms with E-state index < -0.39 is 6.10 Å². The van der Waals surface area contributed by atoms with Crippen LogP contribution in [0.5, 0.6) is 0 Å². The van der Waals surface area contributed by atoms with E-state index in [0.717, 1.165) is 20.0 Å². The third-order valence-electron chi connectivity index (χ3n) is 4.45. The van der Waals surface area contributed by atoms with Crippen LogP contribution < -0.4 is 5.32 Å². The van der Waals surface area contributed by atoms with Gasteiger partial charge in [0.05, 0.1) is 18.8 Å². The number of rotatable bonds is 5. The molecule has 3 aromatic rings. The van der Waals surface area contributed by atoms with Gasteiger partial charge in [-0.3, -0.25) is 5.32 Å². The number of nitrogens with zero attached hydrogens (tertiary/aromatic N) is 1. The number of epoxide rings is 1. The number of aromatic nitrogens is 1. The average molecular weight is 454 g/mol. The molecule has 0 aliphatic carbocycles. The Labute approximate surface area is 157 Å². The summed E-state index contributed by atoms with van der Waals surface area (Å²) in [5.41, 5.74) is 2.25. The maximum absolute atomic E-state index is 10.5. The van der Waals surface area contributed by atoms with Crippen LogP contribution in [-0.4, -0.2) is 34.7 Å². The second kappa shape index (κ2) is 6.42. The van der Waals surface area contributed by atoms with Gasteiger partial charge in [0.1, 0.15) is 6.23 Å². The molecule has 1 aliphatic rings. The average Bonchev–Trinajstić information content (AvgIpc) is 3.19. The number of ether oxygens (including phenoxy) is 1. The van der Waals surface area contributed by atoms with Crippen LogP contribution in [0.15, 0.2) is 45.3 Å². The van der Waals surface area contributed by atoms with Gasteiger partial charge in [-0.25, -0.2) is 0 Å². The predicted molar refractivity (Wildman–Crippen MR) is 103 cm³/mol. The molecule has 126 valence electrons. The molecule has 2 N–H and O–H groups in total. The largest absolute Gasteiger partial charge is 0.390 e. The molecule has 1 aliphatic heterocycles. The highest BCUT2D eigenvalue weighted by Crippen LogP contribution is 2.33. The van der Waals surface area contributed by atoms with E-state index in [1.165, 1.54) is 10.8 Å². The van der Waals surface area contributed by atoms with E-state index >= 15 is 0 Å². The summed E-state index contributed by atoms with van der Waals surface area (Å²) in [6.45, 7) is 3.08. The fourth-order valence-electron chi connectivity index (χ4n) is 3.17. The lowest BCUT2D eigenvalue weighted by molar-refractivity contribution is 0.148. The predicted octanol–water partition coefficient (Wildman–Crippen LogP) is 4.01. The van der Waals surface area contributed by atoms with E-state index in [-0.39, 0.29) is 12.3 Å². The lowest BCUT2D eigenvalue weighted by atomic mass is 10.2. The summed E-state index contributed by atoms with van der Waals surface area (Å²) >= 11 is 7.11. The van der Waals surface area contributed by atoms with Gasteiger partial charge in [-0.1, -0.05) is 31.9 Å². The molecule has 2 heterocycles. The first-order chi connectivity index (χ1) is 11.5. The van der Waals surface area contributed by atoms with Crippen LogP contribution in [0.1, 0.15) is 6.92 Å². The Morgan fingerprint density at radius 3 is 2.17 bits per heavy atom. The minimum absolute atomic E-state index is 0.0877. The molecule has 0 spiro atoms. The van der Waals surface area contributed by atoms with Gasteiger partial charge in [0, 0.05) is 37.3 Å². The Hall–Kier alpha value is -0.920. The Morgan fingerprint density at radius 1 is 1.12 bits per heavy atom. The van der Waals surface area contributed by atoms with Crippen molar-refractivity contribution in [1.29, 1.82) is 0 Å². The van der Waals surface area contributed by atoms with E-state index in [4.69, 9.17) is 4.74 Å². The Kier molecular flexibility index (Phi) is 4.43. The first kappa shape index (κ1) is 16.5. The highest BCUT2D eigenvalue weighted by atomic mass is 79.9. The lowest BCUT2D eigenvalue weighted by Gasteiger charge is -2.14. The van der Waals surface area contributed by atoms with Gasteiger partial charge in [0.2, 0.25) is 0 Å². The van der Waals surface area contributed by atoms with Gasteiger partial charge >= 0.3 is 0 Å². The number of aliphatic hydroxyl groups excluding tert-OH is 1. The summed E-state index contributed by atoms with van der Waals surface area (Å²) in [6.07, 6.45) is -0.141. The van der Waals surface area contributed by atoms with Crippen LogP contribution in [0.3, 0.4) is 0 Å². The molecule has 1 aromatic heterocycles. The molecule has 4 rings (SSSR count). The number of halogens is 2. The number of hydrogen-bond donors (Lipinski definition) is 2. The van der Waals surface area contributed by atoms with E-state index in [0.29, 0.717) is 13.1 Å². The Morgan fingerprint density at radius 2 is 1.67 bits per heavy atom. The second-order valence-electron chi connectivity index (χ2n) is 6.26. The van der Waals surface area contributed by atoms with Gasteiger partial charge in [-0.05, 0) is 43.3 Å². The van der Waals surface area contributed by atoms with Gasteiger partial charge < -0.3 is 14.4 Å². The van der Waals surface area contributed by atoms with Crippen LogP contribution in [0.2, 0.25) is 0 Å². The van der Waals surface area contributed by atoms with Crippen molar-refractivity contribution < 1.29 is 9.84 Å². The zero-order valence-electron chi connectivity index (χ0n) is 13.2. The molecule has 24 heavy (non-hydrogen) atoms. The van der Waals surface area contributed by atoms with Crippen molar-refractivity contribution in [2.24, 2.45) is 0 Å². The van der Waals surface area contributed by atoms with Crippen LogP contribution >= 0.6 is 31.9 Å². The molecule has 1 saturated heterocycles. The lowest BCUT2D eigenvalue weighted by Crippen LogP contribution is -2.32. The topological polar surface area (TPSA) is 49.7 Å². The first-order valence-electron chi connectivity index (χ1n) is 7.97. The number of aliphatic hydroxyl groups is 1. The van der Waals surface area contributed by atoms with Crippen LogP contribution in [0.25, 0.3) is 21.8 Å². The molecule has 0 amide bonds. The summed E-state index contributed by atoms with van der Waals surface area (Å²) in [5, 5.41) is 16.0. The second-order valence-corrected chi connectivity index (χ2v) is 8.09. The number of hydrogen-bond acceptors (Lipinski definition) is 3. The molecule has 4 nitrogen and oxygen atoms in total. The van der Waals surface area contributed by atoms with Crippen molar-refractivity contribution in [3.05, 3.63) is 45.3 Å². The van der Waals surface area contributed by atoms with E-state index in [9.17, 15) is 5.11 Å². The van der Waals surface area contributed by atoms with Crippen molar-refractivity contribution in [3.63, 3.8) is 0 Å². The Balaban J connectivity index is 1.69. The normalized spacial score (nSPS) is 21.5. The van der Waals surface area contributed by atoms with E-state index in [1.807, 2.05) is 19.1 Å². The van der Waals surface area contributed by atoms with Gasteiger partial charge in [0.25, 0.3) is 0 Å². The van der Waals surface area contributed by atoms with Gasteiger partial charge in [-0.2, -0.15) is 0 Å². The SMILES string of the molecule is CC1OC1NCC(O)Cn1c2ccc(Br)cc2c2cc(Br)ccc21. The smallest absolute Gasteiger partial charge is 0.135 e. The van der Waals surface area contributed by atoms with Crippen molar-refractivity contribution in [1.82, 2.24) is 9.88 Å². The van der Waals surface area contributed by atoms with Gasteiger partial charge in [0.15, 0.2) is 0 Å². The molecule has 2 aromatic carbocycles. The van der Waals surface area contributed by atoms with Crippen molar-refractivity contribution in [3.8, 4) is 0 Å². The zero-order chi connectivity index (χ0) is 16.8. The van der Waals surface area contributed by atoms with Crippen molar-refractivity contribution in [2.45, 2.75) is 31.9 Å². The summed E-state index contributed by atoms with van der Waals surface area (Å²) in [5.74, 6) is 0. The van der Waals surface area contributed by atoms with Gasteiger partial charge in [-0.15, -0.1) is 0 Å². The minimum Gasteiger partial charge on any atom is -0.390 e. The number of benzene rings is 2.